The third-order valence-electron chi connectivity index (χ3n) is 4.46. The quantitative estimate of drug-likeness (QED) is 0.899. The predicted octanol–water partition coefficient (Wildman–Crippen LogP) is 3.71. The van der Waals surface area contributed by atoms with Gasteiger partial charge in [0.15, 0.2) is 0 Å². The molecule has 5 heteroatoms. The Bertz CT molecular complexity index is 634. The van der Waals surface area contributed by atoms with E-state index in [-0.39, 0.29) is 0 Å². The first-order valence-corrected chi connectivity index (χ1v) is 8.29. The highest BCUT2D eigenvalue weighted by Gasteiger charge is 2.33. The molecule has 1 aromatic carbocycles. The molecule has 1 saturated heterocycles. The molecule has 0 aliphatic carbocycles. The first kappa shape index (κ1) is 13.3. The Balaban J connectivity index is 1.76. The van der Waals surface area contributed by atoms with Gasteiger partial charge in [0.05, 0.1) is 17.1 Å². The maximum atomic E-state index is 5.57. The lowest BCUT2D eigenvalue weighted by Crippen LogP contribution is -2.29. The van der Waals surface area contributed by atoms with Gasteiger partial charge in [-0.25, -0.2) is 4.68 Å². The number of ether oxygens (including phenoxy) is 1. The molecule has 0 spiro atoms. The molecule has 3 heterocycles. The largest absolute Gasteiger partial charge is 0.381 e. The molecule has 4 nitrogen and oxygen atoms in total. The van der Waals surface area contributed by atoms with Crippen molar-refractivity contribution in [3.05, 3.63) is 34.8 Å². The van der Waals surface area contributed by atoms with Crippen LogP contribution >= 0.6 is 15.9 Å². The van der Waals surface area contributed by atoms with Crippen LogP contribution in [0.5, 0.6) is 0 Å². The van der Waals surface area contributed by atoms with E-state index in [9.17, 15) is 0 Å². The first-order valence-electron chi connectivity index (χ1n) is 7.49. The van der Waals surface area contributed by atoms with E-state index in [4.69, 9.17) is 9.84 Å². The highest BCUT2D eigenvalue weighted by molar-refractivity contribution is 9.10. The van der Waals surface area contributed by atoms with Crippen LogP contribution in [0.3, 0.4) is 0 Å². The molecule has 2 unspecified atom stereocenters. The Hall–Kier alpha value is -1.33. The maximum absolute atomic E-state index is 5.57. The van der Waals surface area contributed by atoms with Crippen LogP contribution < -0.4 is 5.32 Å². The zero-order valence-corrected chi connectivity index (χ0v) is 13.3. The highest BCUT2D eigenvalue weighted by Crippen LogP contribution is 2.41. The van der Waals surface area contributed by atoms with Crippen molar-refractivity contribution in [1.82, 2.24) is 9.78 Å². The average molecular weight is 348 g/mol. The molecular weight excluding hydrogens is 330 g/mol. The first-order chi connectivity index (χ1) is 10.3. The summed E-state index contributed by atoms with van der Waals surface area (Å²) < 4.78 is 8.82. The summed E-state index contributed by atoms with van der Waals surface area (Å²) in [7, 11) is 0. The second-order valence-corrected chi connectivity index (χ2v) is 6.52. The number of fused-ring (bicyclic) bond motifs is 1. The van der Waals surface area contributed by atoms with Crippen LogP contribution in [0.1, 0.15) is 18.9 Å². The number of rotatable bonds is 2. The van der Waals surface area contributed by atoms with Crippen molar-refractivity contribution in [2.45, 2.75) is 18.9 Å². The van der Waals surface area contributed by atoms with Gasteiger partial charge in [0.1, 0.15) is 11.5 Å². The van der Waals surface area contributed by atoms with Gasteiger partial charge in [0, 0.05) is 24.6 Å². The van der Waals surface area contributed by atoms with E-state index in [1.54, 1.807) is 0 Å². The Kier molecular flexibility index (Phi) is 3.47. The second kappa shape index (κ2) is 5.46. The molecule has 2 aliphatic rings. The molecule has 1 fully saturated rings. The van der Waals surface area contributed by atoms with E-state index in [0.29, 0.717) is 12.0 Å². The summed E-state index contributed by atoms with van der Waals surface area (Å²) in [6.07, 6.45) is 2.26. The highest BCUT2D eigenvalue weighted by atomic mass is 79.9. The third-order valence-corrected chi connectivity index (χ3v) is 5.21. The van der Waals surface area contributed by atoms with Crippen LogP contribution in [0.2, 0.25) is 0 Å². The summed E-state index contributed by atoms with van der Waals surface area (Å²) in [5.74, 6) is 1.69. The van der Waals surface area contributed by atoms with Crippen LogP contribution in [0.25, 0.3) is 11.3 Å². The van der Waals surface area contributed by atoms with Gasteiger partial charge in [0.2, 0.25) is 0 Å². The third kappa shape index (κ3) is 2.28. The molecular formula is C16H18BrN3O. The van der Waals surface area contributed by atoms with E-state index in [1.165, 1.54) is 0 Å². The summed E-state index contributed by atoms with van der Waals surface area (Å²) in [4.78, 5) is 0. The SMILES string of the molecule is Brc1c(-c2ccccc2)nn2c1NCCC2C1CCOC1. The van der Waals surface area contributed by atoms with Crippen LogP contribution in [0, 0.1) is 5.92 Å². The van der Waals surface area contributed by atoms with Crippen molar-refractivity contribution in [2.75, 3.05) is 25.1 Å². The molecule has 1 aromatic heterocycles. The standard InChI is InChI=1S/C16H18BrN3O/c17-14-15(11-4-2-1-3-5-11)19-20-13(6-8-18-16(14)20)12-7-9-21-10-12/h1-5,12-13,18H,6-10H2. The minimum atomic E-state index is 0.442. The Morgan fingerprint density at radius 3 is 2.86 bits per heavy atom. The van der Waals surface area contributed by atoms with Gasteiger partial charge in [-0.2, -0.15) is 5.10 Å². The summed E-state index contributed by atoms with van der Waals surface area (Å²) in [6.45, 7) is 2.75. The molecule has 0 amide bonds. The fraction of sp³-hybridized carbons (Fsp3) is 0.438. The molecule has 0 saturated carbocycles. The van der Waals surface area contributed by atoms with Crippen molar-refractivity contribution < 1.29 is 4.74 Å². The van der Waals surface area contributed by atoms with Gasteiger partial charge in [-0.05, 0) is 28.8 Å². The lowest BCUT2D eigenvalue weighted by atomic mass is 9.95. The smallest absolute Gasteiger partial charge is 0.139 e. The lowest BCUT2D eigenvalue weighted by molar-refractivity contribution is 0.167. The number of benzene rings is 1. The van der Waals surface area contributed by atoms with Crippen molar-refractivity contribution in [3.63, 3.8) is 0 Å². The minimum Gasteiger partial charge on any atom is -0.381 e. The van der Waals surface area contributed by atoms with Gasteiger partial charge >= 0.3 is 0 Å². The fourth-order valence-corrected chi connectivity index (χ4v) is 3.98. The van der Waals surface area contributed by atoms with E-state index in [0.717, 1.165) is 54.1 Å². The normalized spacial score (nSPS) is 24.6. The van der Waals surface area contributed by atoms with Gasteiger partial charge in [0.25, 0.3) is 0 Å². The molecule has 110 valence electrons. The number of hydrogen-bond donors (Lipinski definition) is 1. The zero-order chi connectivity index (χ0) is 14.2. The topological polar surface area (TPSA) is 39.1 Å². The summed E-state index contributed by atoms with van der Waals surface area (Å²) in [5.41, 5.74) is 2.17. The molecule has 21 heavy (non-hydrogen) atoms. The molecule has 0 bridgehead atoms. The van der Waals surface area contributed by atoms with E-state index >= 15 is 0 Å². The van der Waals surface area contributed by atoms with Crippen molar-refractivity contribution >= 4 is 21.7 Å². The molecule has 0 radical (unpaired) electrons. The number of nitrogens with one attached hydrogen (secondary N) is 1. The number of anilines is 1. The zero-order valence-electron chi connectivity index (χ0n) is 11.8. The fourth-order valence-electron chi connectivity index (χ4n) is 3.35. The van der Waals surface area contributed by atoms with Crippen LogP contribution in [0.4, 0.5) is 5.82 Å². The molecule has 1 N–H and O–H groups in total. The predicted molar refractivity (Wildman–Crippen MR) is 86.4 cm³/mol. The van der Waals surface area contributed by atoms with Gasteiger partial charge in [-0.15, -0.1) is 0 Å². The average Bonchev–Trinajstić information content (AvgIpc) is 3.17. The van der Waals surface area contributed by atoms with Gasteiger partial charge < -0.3 is 10.1 Å². The van der Waals surface area contributed by atoms with Crippen molar-refractivity contribution in [3.8, 4) is 11.3 Å². The van der Waals surface area contributed by atoms with Crippen LogP contribution in [-0.4, -0.2) is 29.5 Å². The van der Waals surface area contributed by atoms with E-state index < -0.39 is 0 Å². The van der Waals surface area contributed by atoms with Gasteiger partial charge in [-0.3, -0.25) is 0 Å². The maximum Gasteiger partial charge on any atom is 0.139 e. The Morgan fingerprint density at radius 2 is 2.10 bits per heavy atom. The molecule has 2 atom stereocenters. The molecule has 2 aromatic rings. The Morgan fingerprint density at radius 1 is 1.24 bits per heavy atom. The van der Waals surface area contributed by atoms with Crippen LogP contribution in [0.15, 0.2) is 34.8 Å². The van der Waals surface area contributed by atoms with Gasteiger partial charge in [-0.1, -0.05) is 30.3 Å². The number of nitrogens with zero attached hydrogens (tertiary/aromatic N) is 2. The summed E-state index contributed by atoms with van der Waals surface area (Å²) in [5, 5.41) is 8.39. The number of halogens is 1. The lowest BCUT2D eigenvalue weighted by Gasteiger charge is -2.29. The molecule has 2 aliphatic heterocycles. The number of hydrogen-bond acceptors (Lipinski definition) is 3. The van der Waals surface area contributed by atoms with E-state index in [2.05, 4.69) is 50.2 Å². The Labute approximate surface area is 132 Å². The summed E-state index contributed by atoms with van der Waals surface area (Å²) in [6, 6.07) is 10.8. The van der Waals surface area contributed by atoms with Crippen molar-refractivity contribution in [2.24, 2.45) is 5.92 Å². The van der Waals surface area contributed by atoms with E-state index in [1.807, 2.05) is 6.07 Å². The monoisotopic (exact) mass is 347 g/mol. The minimum absolute atomic E-state index is 0.442. The van der Waals surface area contributed by atoms with Crippen molar-refractivity contribution in [1.29, 1.82) is 0 Å². The summed E-state index contributed by atoms with van der Waals surface area (Å²) >= 11 is 3.73. The molecule has 4 rings (SSSR count). The van der Waals surface area contributed by atoms with Crippen LogP contribution in [-0.2, 0) is 4.74 Å². The second-order valence-electron chi connectivity index (χ2n) is 5.73. The number of aromatic nitrogens is 2.